The number of rotatable bonds is 4. The van der Waals surface area contributed by atoms with Gasteiger partial charge in [-0.3, -0.25) is 9.80 Å². The van der Waals surface area contributed by atoms with E-state index in [1.165, 1.54) is 5.56 Å². The highest BCUT2D eigenvalue weighted by atomic mass is 16.5. The number of ether oxygens (including phenoxy) is 1. The lowest BCUT2D eigenvalue weighted by molar-refractivity contribution is 0.180. The molecule has 3 rings (SSSR count). The Morgan fingerprint density at radius 2 is 2.17 bits per heavy atom. The fourth-order valence-corrected chi connectivity index (χ4v) is 3.98. The van der Waals surface area contributed by atoms with Crippen LogP contribution in [0.2, 0.25) is 0 Å². The van der Waals surface area contributed by atoms with Gasteiger partial charge in [-0.25, -0.2) is 4.79 Å². The van der Waals surface area contributed by atoms with Gasteiger partial charge in [0.1, 0.15) is 5.75 Å². The number of carbonyl (C=O) groups is 1. The Labute approximate surface area is 144 Å². The number of carbonyl (C=O) groups excluding carboxylic acids is 1. The SMILES string of the molecule is C=CCN1CCC2(CC1)CN(C(=O)NCC)c1ccc(OC)cc12. The van der Waals surface area contributed by atoms with Crippen LogP contribution in [0.3, 0.4) is 0 Å². The summed E-state index contributed by atoms with van der Waals surface area (Å²) in [5.41, 5.74) is 2.32. The largest absolute Gasteiger partial charge is 0.497 e. The van der Waals surface area contributed by atoms with Crippen molar-refractivity contribution in [1.29, 1.82) is 0 Å². The van der Waals surface area contributed by atoms with Crippen LogP contribution in [0.5, 0.6) is 5.75 Å². The summed E-state index contributed by atoms with van der Waals surface area (Å²) in [6.07, 6.45) is 4.07. The van der Waals surface area contributed by atoms with Crippen molar-refractivity contribution in [2.75, 3.05) is 44.7 Å². The van der Waals surface area contributed by atoms with Gasteiger partial charge in [-0.1, -0.05) is 6.08 Å². The van der Waals surface area contributed by atoms with Crippen molar-refractivity contribution < 1.29 is 9.53 Å². The highest BCUT2D eigenvalue weighted by Crippen LogP contribution is 2.48. The molecule has 1 spiro atoms. The second kappa shape index (κ2) is 6.85. The van der Waals surface area contributed by atoms with Gasteiger partial charge in [0.25, 0.3) is 0 Å². The molecule has 2 heterocycles. The van der Waals surface area contributed by atoms with E-state index in [9.17, 15) is 4.79 Å². The Kier molecular flexibility index (Phi) is 4.81. The molecular formula is C19H27N3O2. The van der Waals surface area contributed by atoms with Crippen LogP contribution in [0.1, 0.15) is 25.3 Å². The third kappa shape index (κ3) is 2.88. The number of hydrogen-bond donors (Lipinski definition) is 1. The Morgan fingerprint density at radius 1 is 1.42 bits per heavy atom. The molecule has 1 aromatic rings. The van der Waals surface area contributed by atoms with Crippen LogP contribution in [0.25, 0.3) is 0 Å². The number of urea groups is 1. The average Bonchev–Trinajstić information content (AvgIpc) is 2.91. The molecule has 5 heteroatoms. The summed E-state index contributed by atoms with van der Waals surface area (Å²) in [4.78, 5) is 16.8. The lowest BCUT2D eigenvalue weighted by atomic mass is 9.74. The van der Waals surface area contributed by atoms with E-state index in [0.717, 1.165) is 50.5 Å². The zero-order chi connectivity index (χ0) is 17.2. The monoisotopic (exact) mass is 329 g/mol. The minimum absolute atomic E-state index is 0.00527. The lowest BCUT2D eigenvalue weighted by Gasteiger charge is -2.39. The van der Waals surface area contributed by atoms with Gasteiger partial charge in [-0.2, -0.15) is 0 Å². The van der Waals surface area contributed by atoms with Crippen molar-refractivity contribution >= 4 is 11.7 Å². The van der Waals surface area contributed by atoms with Crippen molar-refractivity contribution in [2.24, 2.45) is 0 Å². The van der Waals surface area contributed by atoms with Crippen molar-refractivity contribution in [2.45, 2.75) is 25.2 Å². The van der Waals surface area contributed by atoms with Crippen LogP contribution in [-0.2, 0) is 5.41 Å². The van der Waals surface area contributed by atoms with E-state index < -0.39 is 0 Å². The molecule has 130 valence electrons. The highest BCUT2D eigenvalue weighted by Gasteiger charge is 2.46. The molecule has 0 bridgehead atoms. The normalized spacial score (nSPS) is 19.2. The maximum atomic E-state index is 12.5. The molecule has 0 unspecified atom stereocenters. The van der Waals surface area contributed by atoms with Crippen molar-refractivity contribution in [1.82, 2.24) is 10.2 Å². The molecule has 0 saturated carbocycles. The number of hydrogen-bond acceptors (Lipinski definition) is 3. The Hall–Kier alpha value is -2.01. The van der Waals surface area contributed by atoms with Crippen LogP contribution in [0, 0.1) is 0 Å². The zero-order valence-electron chi connectivity index (χ0n) is 14.7. The predicted octanol–water partition coefficient (Wildman–Crippen LogP) is 2.76. The summed E-state index contributed by atoms with van der Waals surface area (Å²) in [6, 6.07) is 6.08. The summed E-state index contributed by atoms with van der Waals surface area (Å²) >= 11 is 0. The van der Waals surface area contributed by atoms with Gasteiger partial charge in [-0.05, 0) is 56.6 Å². The van der Waals surface area contributed by atoms with Crippen molar-refractivity contribution in [3.8, 4) is 5.75 Å². The quantitative estimate of drug-likeness (QED) is 0.864. The van der Waals surface area contributed by atoms with Gasteiger partial charge in [0.05, 0.1) is 7.11 Å². The first-order chi connectivity index (χ1) is 11.6. The summed E-state index contributed by atoms with van der Waals surface area (Å²) in [6.45, 7) is 10.2. The lowest BCUT2D eigenvalue weighted by Crippen LogP contribution is -2.47. The fraction of sp³-hybridized carbons (Fsp3) is 0.526. The van der Waals surface area contributed by atoms with E-state index in [1.54, 1.807) is 7.11 Å². The number of amides is 2. The standard InChI is InChI=1S/C19H27N3O2/c1-4-10-21-11-8-19(9-12-21)14-22(18(23)20-5-2)17-7-6-15(24-3)13-16(17)19/h4,6-7,13H,1,5,8-12,14H2,2-3H3,(H,20,23). The molecule has 2 aliphatic rings. The van der Waals surface area contributed by atoms with E-state index in [-0.39, 0.29) is 11.4 Å². The number of methoxy groups -OCH3 is 1. The minimum Gasteiger partial charge on any atom is -0.497 e. The number of fused-ring (bicyclic) bond motifs is 2. The third-order valence-electron chi connectivity index (χ3n) is 5.30. The molecule has 0 radical (unpaired) electrons. The number of anilines is 1. The van der Waals surface area contributed by atoms with Gasteiger partial charge in [-0.15, -0.1) is 6.58 Å². The van der Waals surface area contributed by atoms with E-state index in [1.807, 2.05) is 30.0 Å². The van der Waals surface area contributed by atoms with Crippen molar-refractivity contribution in [3.63, 3.8) is 0 Å². The third-order valence-corrected chi connectivity index (χ3v) is 5.30. The van der Waals surface area contributed by atoms with E-state index in [4.69, 9.17) is 4.74 Å². The average molecular weight is 329 g/mol. The number of nitrogens with zero attached hydrogens (tertiary/aromatic N) is 2. The molecule has 5 nitrogen and oxygen atoms in total. The number of likely N-dealkylation sites (tertiary alicyclic amines) is 1. The Balaban J connectivity index is 1.92. The summed E-state index contributed by atoms with van der Waals surface area (Å²) in [5, 5.41) is 2.94. The zero-order valence-corrected chi connectivity index (χ0v) is 14.7. The van der Waals surface area contributed by atoms with Crippen LogP contribution in [0.15, 0.2) is 30.9 Å². The molecular weight excluding hydrogens is 302 g/mol. The maximum absolute atomic E-state index is 12.5. The molecule has 1 aromatic carbocycles. The first kappa shape index (κ1) is 16.8. The minimum atomic E-state index is -0.00527. The van der Waals surface area contributed by atoms with Gasteiger partial charge < -0.3 is 10.1 Å². The van der Waals surface area contributed by atoms with Crippen LogP contribution >= 0.6 is 0 Å². The second-order valence-electron chi connectivity index (χ2n) is 6.67. The molecule has 2 aliphatic heterocycles. The molecule has 24 heavy (non-hydrogen) atoms. The summed E-state index contributed by atoms with van der Waals surface area (Å²) in [5.74, 6) is 0.861. The van der Waals surface area contributed by atoms with E-state index in [0.29, 0.717) is 6.54 Å². The van der Waals surface area contributed by atoms with Crippen LogP contribution in [-0.4, -0.2) is 50.8 Å². The maximum Gasteiger partial charge on any atom is 0.321 e. The smallest absolute Gasteiger partial charge is 0.321 e. The van der Waals surface area contributed by atoms with Gasteiger partial charge in [0, 0.05) is 30.7 Å². The van der Waals surface area contributed by atoms with Gasteiger partial charge in [0.15, 0.2) is 0 Å². The first-order valence-electron chi connectivity index (χ1n) is 8.70. The fourth-order valence-electron chi connectivity index (χ4n) is 3.98. The number of benzene rings is 1. The second-order valence-corrected chi connectivity index (χ2v) is 6.67. The molecule has 0 aliphatic carbocycles. The van der Waals surface area contributed by atoms with E-state index in [2.05, 4.69) is 22.9 Å². The highest BCUT2D eigenvalue weighted by molar-refractivity contribution is 5.95. The summed E-state index contributed by atoms with van der Waals surface area (Å²) in [7, 11) is 1.69. The van der Waals surface area contributed by atoms with Crippen LogP contribution < -0.4 is 15.0 Å². The topological polar surface area (TPSA) is 44.8 Å². The number of piperidine rings is 1. The molecule has 0 aromatic heterocycles. The van der Waals surface area contributed by atoms with E-state index >= 15 is 0 Å². The molecule has 2 amide bonds. The molecule has 1 N–H and O–H groups in total. The summed E-state index contributed by atoms with van der Waals surface area (Å²) < 4.78 is 5.43. The van der Waals surface area contributed by atoms with Crippen molar-refractivity contribution in [3.05, 3.63) is 36.4 Å². The Bertz CT molecular complexity index is 621. The first-order valence-corrected chi connectivity index (χ1v) is 8.70. The molecule has 1 saturated heterocycles. The molecule has 1 fully saturated rings. The number of nitrogens with one attached hydrogen (secondary N) is 1. The molecule has 0 atom stereocenters. The van der Waals surface area contributed by atoms with Crippen LogP contribution in [0.4, 0.5) is 10.5 Å². The Morgan fingerprint density at radius 3 is 2.79 bits per heavy atom. The predicted molar refractivity (Wildman–Crippen MR) is 97.0 cm³/mol. The van der Waals surface area contributed by atoms with Gasteiger partial charge >= 0.3 is 6.03 Å². The van der Waals surface area contributed by atoms with Gasteiger partial charge in [0.2, 0.25) is 0 Å².